The number of benzene rings is 1. The summed E-state index contributed by atoms with van der Waals surface area (Å²) in [6.07, 6.45) is 4.61. The highest BCUT2D eigenvalue weighted by atomic mass is 16.5. The lowest BCUT2D eigenvalue weighted by atomic mass is 9.69. The maximum atomic E-state index is 9.35. The van der Waals surface area contributed by atoms with E-state index in [1.54, 1.807) is 26.4 Å². The van der Waals surface area contributed by atoms with Crippen molar-refractivity contribution in [1.82, 2.24) is 0 Å². The molecule has 1 aliphatic carbocycles. The molecule has 1 fully saturated rings. The Labute approximate surface area is 115 Å². The highest BCUT2D eigenvalue weighted by Gasteiger charge is 2.35. The molecule has 0 atom stereocenters. The molecule has 2 rings (SSSR count). The minimum atomic E-state index is 0.191. The molecule has 0 saturated heterocycles. The first-order valence-corrected chi connectivity index (χ1v) is 6.96. The maximum Gasteiger partial charge on any atom is 0.115 e. The molecule has 0 radical (unpaired) electrons. The molecule has 19 heavy (non-hydrogen) atoms. The van der Waals surface area contributed by atoms with E-state index in [9.17, 15) is 5.11 Å². The van der Waals surface area contributed by atoms with Crippen LogP contribution in [-0.4, -0.2) is 32.5 Å². The molecule has 1 aromatic carbocycles. The molecule has 0 aromatic heterocycles. The average Bonchev–Trinajstić information content (AvgIpc) is 2.41. The third-order valence-electron chi connectivity index (χ3n) is 4.31. The van der Waals surface area contributed by atoms with Gasteiger partial charge in [-0.15, -0.1) is 0 Å². The first kappa shape index (κ1) is 14.4. The zero-order valence-corrected chi connectivity index (χ0v) is 11.9. The monoisotopic (exact) mass is 264 g/mol. The SMILES string of the molecule is COCC1(COC)CCC(c2ccc(O)cc2)CC1. The van der Waals surface area contributed by atoms with Crippen molar-refractivity contribution in [2.75, 3.05) is 27.4 Å². The van der Waals surface area contributed by atoms with E-state index >= 15 is 0 Å². The molecule has 0 heterocycles. The van der Waals surface area contributed by atoms with Crippen LogP contribution in [0.2, 0.25) is 0 Å². The number of ether oxygens (including phenoxy) is 2. The van der Waals surface area contributed by atoms with Crippen LogP contribution in [0.25, 0.3) is 0 Å². The lowest BCUT2D eigenvalue weighted by Crippen LogP contribution is -2.35. The number of phenolic OH excluding ortho intramolecular Hbond substituents is 1. The summed E-state index contributed by atoms with van der Waals surface area (Å²) in [7, 11) is 3.53. The lowest BCUT2D eigenvalue weighted by molar-refractivity contribution is -0.0169. The van der Waals surface area contributed by atoms with Gasteiger partial charge >= 0.3 is 0 Å². The molecule has 0 aliphatic heterocycles. The van der Waals surface area contributed by atoms with E-state index in [4.69, 9.17) is 9.47 Å². The summed E-state index contributed by atoms with van der Waals surface area (Å²) in [6.45, 7) is 1.56. The van der Waals surface area contributed by atoms with Crippen molar-refractivity contribution in [2.45, 2.75) is 31.6 Å². The second-order valence-corrected chi connectivity index (χ2v) is 5.73. The summed E-state index contributed by atoms with van der Waals surface area (Å²) in [4.78, 5) is 0. The van der Waals surface area contributed by atoms with Crippen molar-refractivity contribution in [3.63, 3.8) is 0 Å². The van der Waals surface area contributed by atoms with Crippen LogP contribution in [0.3, 0.4) is 0 Å². The lowest BCUT2D eigenvalue weighted by Gasteiger charge is -2.39. The predicted octanol–water partition coefficient (Wildman–Crippen LogP) is 3.33. The van der Waals surface area contributed by atoms with Gasteiger partial charge in [-0.25, -0.2) is 0 Å². The van der Waals surface area contributed by atoms with E-state index in [1.165, 1.54) is 5.56 Å². The summed E-state index contributed by atoms with van der Waals surface area (Å²) in [5.41, 5.74) is 1.53. The van der Waals surface area contributed by atoms with E-state index in [0.717, 1.165) is 38.9 Å². The standard InChI is InChI=1S/C16H24O3/c1-18-11-16(12-19-2)9-7-14(8-10-16)13-3-5-15(17)6-4-13/h3-6,14,17H,7-12H2,1-2H3. The van der Waals surface area contributed by atoms with Crippen molar-refractivity contribution >= 4 is 0 Å². The van der Waals surface area contributed by atoms with Crippen molar-refractivity contribution in [3.8, 4) is 5.75 Å². The van der Waals surface area contributed by atoms with Crippen LogP contribution in [0, 0.1) is 5.41 Å². The normalized spacial score (nSPS) is 19.5. The van der Waals surface area contributed by atoms with Gasteiger partial charge in [0.15, 0.2) is 0 Å². The van der Waals surface area contributed by atoms with Gasteiger partial charge in [-0.1, -0.05) is 12.1 Å². The van der Waals surface area contributed by atoms with Crippen molar-refractivity contribution in [3.05, 3.63) is 29.8 Å². The summed E-state index contributed by atoms with van der Waals surface area (Å²) in [5, 5.41) is 9.35. The molecule has 0 spiro atoms. The van der Waals surface area contributed by atoms with Gasteiger partial charge < -0.3 is 14.6 Å². The summed E-state index contributed by atoms with van der Waals surface area (Å²) < 4.78 is 10.8. The van der Waals surface area contributed by atoms with Gasteiger partial charge in [0.25, 0.3) is 0 Å². The van der Waals surface area contributed by atoms with Crippen LogP contribution in [0.4, 0.5) is 0 Å². The quantitative estimate of drug-likeness (QED) is 0.886. The van der Waals surface area contributed by atoms with Crippen molar-refractivity contribution in [2.24, 2.45) is 5.41 Å². The van der Waals surface area contributed by atoms with Gasteiger partial charge in [0.05, 0.1) is 13.2 Å². The Hall–Kier alpha value is -1.06. The van der Waals surface area contributed by atoms with Gasteiger partial charge in [0, 0.05) is 19.6 Å². The van der Waals surface area contributed by atoms with E-state index in [2.05, 4.69) is 0 Å². The number of hydrogen-bond acceptors (Lipinski definition) is 3. The molecular weight excluding hydrogens is 240 g/mol. The topological polar surface area (TPSA) is 38.7 Å². The zero-order chi connectivity index (χ0) is 13.7. The second-order valence-electron chi connectivity index (χ2n) is 5.73. The fraction of sp³-hybridized carbons (Fsp3) is 0.625. The van der Waals surface area contributed by atoms with Gasteiger partial charge in [0.2, 0.25) is 0 Å². The van der Waals surface area contributed by atoms with Crippen LogP contribution in [-0.2, 0) is 9.47 Å². The van der Waals surface area contributed by atoms with E-state index < -0.39 is 0 Å². The zero-order valence-electron chi connectivity index (χ0n) is 11.9. The highest BCUT2D eigenvalue weighted by molar-refractivity contribution is 5.28. The van der Waals surface area contributed by atoms with Crippen molar-refractivity contribution in [1.29, 1.82) is 0 Å². The smallest absolute Gasteiger partial charge is 0.115 e. The average molecular weight is 264 g/mol. The molecule has 1 aliphatic rings. The van der Waals surface area contributed by atoms with Crippen LogP contribution in [0.1, 0.15) is 37.2 Å². The fourth-order valence-corrected chi connectivity index (χ4v) is 3.25. The molecule has 106 valence electrons. The molecule has 3 heteroatoms. The number of methoxy groups -OCH3 is 2. The van der Waals surface area contributed by atoms with Crippen LogP contribution in [0.15, 0.2) is 24.3 Å². The number of hydrogen-bond donors (Lipinski definition) is 1. The third kappa shape index (κ3) is 3.48. The van der Waals surface area contributed by atoms with Gasteiger partial charge in [-0.2, -0.15) is 0 Å². The first-order chi connectivity index (χ1) is 9.19. The molecule has 1 N–H and O–H groups in total. The summed E-state index contributed by atoms with van der Waals surface area (Å²) in [6, 6.07) is 7.64. The number of rotatable bonds is 5. The molecule has 1 saturated carbocycles. The first-order valence-electron chi connectivity index (χ1n) is 6.96. The Bertz CT molecular complexity index is 369. The Morgan fingerprint density at radius 2 is 1.58 bits per heavy atom. The Morgan fingerprint density at radius 1 is 1.05 bits per heavy atom. The molecule has 0 bridgehead atoms. The molecule has 3 nitrogen and oxygen atoms in total. The second kappa shape index (κ2) is 6.40. The largest absolute Gasteiger partial charge is 0.508 e. The van der Waals surface area contributed by atoms with E-state index in [-0.39, 0.29) is 5.41 Å². The Balaban J connectivity index is 1.99. The van der Waals surface area contributed by atoms with E-state index in [1.807, 2.05) is 12.1 Å². The van der Waals surface area contributed by atoms with E-state index in [0.29, 0.717) is 11.7 Å². The molecule has 0 unspecified atom stereocenters. The van der Waals surface area contributed by atoms with Crippen LogP contribution < -0.4 is 0 Å². The molecule has 0 amide bonds. The minimum Gasteiger partial charge on any atom is -0.508 e. The Kier molecular flexibility index (Phi) is 4.83. The van der Waals surface area contributed by atoms with Gasteiger partial charge in [0.1, 0.15) is 5.75 Å². The van der Waals surface area contributed by atoms with Crippen LogP contribution in [0.5, 0.6) is 5.75 Å². The third-order valence-corrected chi connectivity index (χ3v) is 4.31. The number of phenols is 1. The molecule has 1 aromatic rings. The summed E-state index contributed by atoms with van der Waals surface area (Å²) in [5.74, 6) is 0.940. The number of aromatic hydroxyl groups is 1. The van der Waals surface area contributed by atoms with Crippen molar-refractivity contribution < 1.29 is 14.6 Å². The van der Waals surface area contributed by atoms with Gasteiger partial charge in [-0.3, -0.25) is 0 Å². The van der Waals surface area contributed by atoms with Crippen LogP contribution >= 0.6 is 0 Å². The fourth-order valence-electron chi connectivity index (χ4n) is 3.25. The molecular formula is C16H24O3. The minimum absolute atomic E-state index is 0.191. The highest BCUT2D eigenvalue weighted by Crippen LogP contribution is 2.43. The summed E-state index contributed by atoms with van der Waals surface area (Å²) >= 11 is 0. The predicted molar refractivity (Wildman–Crippen MR) is 75.5 cm³/mol. The van der Waals surface area contributed by atoms with Gasteiger partial charge in [-0.05, 0) is 49.3 Å². The Morgan fingerprint density at radius 3 is 2.05 bits per heavy atom. The maximum absolute atomic E-state index is 9.35.